The maximum Gasteiger partial charge on any atom is 0.235 e. The van der Waals surface area contributed by atoms with E-state index in [4.69, 9.17) is 4.74 Å². The minimum Gasteiger partial charge on any atom is -0.480 e. The molecule has 2 rings (SSSR count). The normalized spacial score (nSPS) is 17.7. The lowest BCUT2D eigenvalue weighted by molar-refractivity contribution is 0.388. The van der Waals surface area contributed by atoms with Crippen LogP contribution in [-0.4, -0.2) is 30.2 Å². The molecule has 1 aromatic rings. The van der Waals surface area contributed by atoms with Crippen LogP contribution in [0.3, 0.4) is 0 Å². The van der Waals surface area contributed by atoms with Crippen LogP contribution in [0, 0.1) is 6.92 Å². The fourth-order valence-electron chi connectivity index (χ4n) is 2.00. The van der Waals surface area contributed by atoms with Crippen LogP contribution in [-0.2, 0) is 0 Å². The van der Waals surface area contributed by atoms with Crippen molar-refractivity contribution in [2.45, 2.75) is 25.7 Å². The number of methoxy groups -OCH3 is 1. The summed E-state index contributed by atoms with van der Waals surface area (Å²) in [5.74, 6) is 1.19. The molecule has 0 atom stereocenters. The molecule has 0 spiro atoms. The van der Waals surface area contributed by atoms with Gasteiger partial charge >= 0.3 is 0 Å². The van der Waals surface area contributed by atoms with E-state index in [0.717, 1.165) is 37.3 Å². The highest BCUT2D eigenvalue weighted by molar-refractivity contribution is 5.20. The van der Waals surface area contributed by atoms with Gasteiger partial charge in [-0.15, -0.1) is 0 Å². The van der Waals surface area contributed by atoms with Gasteiger partial charge in [-0.25, -0.2) is 4.98 Å². The number of nitrogens with zero attached hydrogens (tertiary/aromatic N) is 2. The van der Waals surface area contributed by atoms with E-state index >= 15 is 0 Å². The summed E-state index contributed by atoms with van der Waals surface area (Å²) in [6.07, 6.45) is 4.16. The first-order valence-corrected chi connectivity index (χ1v) is 5.39. The molecule has 1 fully saturated rings. The van der Waals surface area contributed by atoms with E-state index in [-0.39, 0.29) is 0 Å². The highest BCUT2D eigenvalue weighted by Gasteiger charge is 2.17. The van der Waals surface area contributed by atoms with Crippen molar-refractivity contribution < 1.29 is 4.74 Å². The molecule has 0 bridgehead atoms. The topological polar surface area (TPSA) is 47.0 Å². The summed E-state index contributed by atoms with van der Waals surface area (Å²) in [4.78, 5) is 8.82. The van der Waals surface area contributed by atoms with Gasteiger partial charge in [-0.2, -0.15) is 0 Å². The summed E-state index contributed by atoms with van der Waals surface area (Å²) in [6.45, 7) is 4.10. The van der Waals surface area contributed by atoms with Crippen LogP contribution in [0.2, 0.25) is 0 Å². The molecule has 1 aromatic heterocycles. The second-order valence-corrected chi connectivity index (χ2v) is 3.91. The Kier molecular flexibility index (Phi) is 3.16. The smallest absolute Gasteiger partial charge is 0.235 e. The number of hydrogen-bond acceptors (Lipinski definition) is 4. The van der Waals surface area contributed by atoms with E-state index in [9.17, 15) is 0 Å². The van der Waals surface area contributed by atoms with E-state index < -0.39 is 0 Å². The second kappa shape index (κ2) is 4.57. The lowest BCUT2D eigenvalue weighted by Crippen LogP contribution is -2.27. The summed E-state index contributed by atoms with van der Waals surface area (Å²) in [5.41, 5.74) is 1.99. The summed E-state index contributed by atoms with van der Waals surface area (Å²) in [5, 5.41) is 3.35. The first-order valence-electron chi connectivity index (χ1n) is 5.39. The summed E-state index contributed by atoms with van der Waals surface area (Å²) < 4.78 is 5.10. The van der Waals surface area contributed by atoms with Crippen LogP contribution >= 0.6 is 0 Å². The van der Waals surface area contributed by atoms with Crippen LogP contribution in [0.25, 0.3) is 0 Å². The Labute approximate surface area is 90.1 Å². The standard InChI is InChI=1S/C11H17N3O/c1-8-11(15-2)13-7-10(14-8)9-3-5-12-6-4-9/h7,9,12H,3-6H2,1-2H3. The Bertz CT molecular complexity index is 335. The number of rotatable bonds is 2. The average molecular weight is 207 g/mol. The van der Waals surface area contributed by atoms with Crippen LogP contribution in [0.5, 0.6) is 5.88 Å². The Morgan fingerprint density at radius 1 is 1.40 bits per heavy atom. The number of aryl methyl sites for hydroxylation is 1. The highest BCUT2D eigenvalue weighted by Crippen LogP contribution is 2.24. The minimum absolute atomic E-state index is 0.559. The fourth-order valence-corrected chi connectivity index (χ4v) is 2.00. The van der Waals surface area contributed by atoms with Gasteiger partial charge in [-0.1, -0.05) is 0 Å². The van der Waals surface area contributed by atoms with Crippen LogP contribution < -0.4 is 10.1 Å². The van der Waals surface area contributed by atoms with Gasteiger partial charge in [-0.3, -0.25) is 4.98 Å². The third kappa shape index (κ3) is 2.26. The monoisotopic (exact) mass is 207 g/mol. The predicted molar refractivity (Wildman–Crippen MR) is 58.2 cm³/mol. The molecule has 0 aliphatic carbocycles. The fraction of sp³-hybridized carbons (Fsp3) is 0.636. The zero-order chi connectivity index (χ0) is 10.7. The van der Waals surface area contributed by atoms with E-state index in [1.165, 1.54) is 0 Å². The molecule has 82 valence electrons. The maximum atomic E-state index is 5.10. The molecule has 0 saturated carbocycles. The highest BCUT2D eigenvalue weighted by atomic mass is 16.5. The van der Waals surface area contributed by atoms with Crippen LogP contribution in [0.15, 0.2) is 6.20 Å². The van der Waals surface area contributed by atoms with Gasteiger partial charge in [0, 0.05) is 5.92 Å². The van der Waals surface area contributed by atoms with Crippen molar-refractivity contribution in [3.63, 3.8) is 0 Å². The number of nitrogens with one attached hydrogen (secondary N) is 1. The first-order chi connectivity index (χ1) is 7.31. The van der Waals surface area contributed by atoms with Gasteiger partial charge in [-0.05, 0) is 32.9 Å². The summed E-state index contributed by atoms with van der Waals surface area (Å²) >= 11 is 0. The number of piperidine rings is 1. The van der Waals surface area contributed by atoms with Gasteiger partial charge in [0.15, 0.2) is 0 Å². The van der Waals surface area contributed by atoms with Crippen molar-refractivity contribution in [3.8, 4) is 5.88 Å². The number of ether oxygens (including phenoxy) is 1. The molecule has 15 heavy (non-hydrogen) atoms. The molecular formula is C11H17N3O. The lowest BCUT2D eigenvalue weighted by Gasteiger charge is -2.22. The van der Waals surface area contributed by atoms with Crippen molar-refractivity contribution in [3.05, 3.63) is 17.6 Å². The van der Waals surface area contributed by atoms with Crippen LogP contribution in [0.4, 0.5) is 0 Å². The molecule has 2 heterocycles. The van der Waals surface area contributed by atoms with Crippen LogP contribution in [0.1, 0.15) is 30.1 Å². The molecule has 0 radical (unpaired) electrons. The Balaban J connectivity index is 2.17. The predicted octanol–water partition coefficient (Wildman–Crippen LogP) is 1.26. The van der Waals surface area contributed by atoms with E-state index in [2.05, 4.69) is 15.3 Å². The summed E-state index contributed by atoms with van der Waals surface area (Å²) in [6, 6.07) is 0. The second-order valence-electron chi connectivity index (χ2n) is 3.91. The Hall–Kier alpha value is -1.16. The third-order valence-electron chi connectivity index (χ3n) is 2.87. The molecule has 1 aliphatic rings. The van der Waals surface area contributed by atoms with Gasteiger partial charge in [0.25, 0.3) is 0 Å². The molecule has 4 nitrogen and oxygen atoms in total. The molecule has 0 amide bonds. The van der Waals surface area contributed by atoms with Crippen molar-refractivity contribution in [2.24, 2.45) is 0 Å². The van der Waals surface area contributed by atoms with Crippen molar-refractivity contribution in [2.75, 3.05) is 20.2 Å². The Morgan fingerprint density at radius 2 is 2.13 bits per heavy atom. The van der Waals surface area contributed by atoms with E-state index in [0.29, 0.717) is 11.8 Å². The van der Waals surface area contributed by atoms with Crippen molar-refractivity contribution >= 4 is 0 Å². The largest absolute Gasteiger partial charge is 0.480 e. The lowest BCUT2D eigenvalue weighted by atomic mass is 9.95. The molecule has 1 N–H and O–H groups in total. The Morgan fingerprint density at radius 3 is 2.73 bits per heavy atom. The molecule has 1 saturated heterocycles. The van der Waals surface area contributed by atoms with Gasteiger partial charge in [0.2, 0.25) is 5.88 Å². The quantitative estimate of drug-likeness (QED) is 0.793. The molecule has 0 unspecified atom stereocenters. The van der Waals surface area contributed by atoms with Gasteiger partial charge in [0.05, 0.1) is 24.7 Å². The number of aromatic nitrogens is 2. The zero-order valence-corrected chi connectivity index (χ0v) is 9.29. The minimum atomic E-state index is 0.559. The molecule has 1 aliphatic heterocycles. The van der Waals surface area contributed by atoms with Gasteiger partial charge < -0.3 is 10.1 Å². The van der Waals surface area contributed by atoms with Crippen molar-refractivity contribution in [1.29, 1.82) is 0 Å². The molecular weight excluding hydrogens is 190 g/mol. The van der Waals surface area contributed by atoms with Gasteiger partial charge in [0.1, 0.15) is 0 Å². The maximum absolute atomic E-state index is 5.10. The van der Waals surface area contributed by atoms with E-state index in [1.54, 1.807) is 7.11 Å². The molecule has 0 aromatic carbocycles. The molecule has 4 heteroatoms. The van der Waals surface area contributed by atoms with Crippen molar-refractivity contribution in [1.82, 2.24) is 15.3 Å². The summed E-state index contributed by atoms with van der Waals surface area (Å²) in [7, 11) is 1.63. The zero-order valence-electron chi connectivity index (χ0n) is 9.29. The average Bonchev–Trinajstić information content (AvgIpc) is 2.30. The van der Waals surface area contributed by atoms with E-state index in [1.807, 2.05) is 13.1 Å². The number of hydrogen-bond donors (Lipinski definition) is 1. The first kappa shape index (κ1) is 10.4. The third-order valence-corrected chi connectivity index (χ3v) is 2.87. The SMILES string of the molecule is COc1ncc(C2CCNCC2)nc1C.